The van der Waals surface area contributed by atoms with Crippen LogP contribution in [0.4, 0.5) is 0 Å². The van der Waals surface area contributed by atoms with Crippen molar-refractivity contribution in [3.05, 3.63) is 72.7 Å². The van der Waals surface area contributed by atoms with Crippen molar-refractivity contribution in [1.82, 2.24) is 24.8 Å². The van der Waals surface area contributed by atoms with Crippen LogP contribution in [0, 0.1) is 0 Å². The minimum Gasteiger partial charge on any atom is -0.351 e. The highest BCUT2D eigenvalue weighted by atomic mass is 16.1. The summed E-state index contributed by atoms with van der Waals surface area (Å²) in [7, 11) is 0. The monoisotopic (exact) mass is 335 g/mol. The number of rotatable bonds is 7. The standard InChI is InChI=1S/C19H21N5O/c1-2-6-16(17-8-3-4-9-21-17)19(25)23-13-15-7-5-10-22-18(15)24-12-11-20-14-24/h3-5,7-12,14,16H,2,6,13H2,1H3,(H,23,25)/t16-/m0/s1. The quantitative estimate of drug-likeness (QED) is 0.720. The highest BCUT2D eigenvalue weighted by Gasteiger charge is 2.21. The number of aromatic nitrogens is 4. The van der Waals surface area contributed by atoms with Crippen LogP contribution in [0.2, 0.25) is 0 Å². The third-order valence-electron chi connectivity index (χ3n) is 4.01. The average Bonchev–Trinajstić information content (AvgIpc) is 3.20. The number of carbonyl (C=O) groups excluding carboxylic acids is 1. The largest absolute Gasteiger partial charge is 0.351 e. The van der Waals surface area contributed by atoms with Gasteiger partial charge < -0.3 is 5.32 Å². The Bertz CT molecular complexity index is 802. The van der Waals surface area contributed by atoms with Gasteiger partial charge in [0, 0.05) is 36.9 Å². The van der Waals surface area contributed by atoms with E-state index in [0.29, 0.717) is 6.54 Å². The number of nitrogens with zero attached hydrogens (tertiary/aromatic N) is 4. The van der Waals surface area contributed by atoms with E-state index >= 15 is 0 Å². The molecule has 128 valence electrons. The summed E-state index contributed by atoms with van der Waals surface area (Å²) >= 11 is 0. The molecule has 0 fully saturated rings. The number of amides is 1. The van der Waals surface area contributed by atoms with E-state index in [0.717, 1.165) is 29.9 Å². The first-order valence-electron chi connectivity index (χ1n) is 8.40. The Balaban J connectivity index is 1.74. The Morgan fingerprint density at radius 2 is 2.04 bits per heavy atom. The van der Waals surface area contributed by atoms with Crippen molar-refractivity contribution < 1.29 is 4.79 Å². The molecule has 3 aromatic heterocycles. The normalized spacial score (nSPS) is 11.9. The Labute approximate surface area is 147 Å². The van der Waals surface area contributed by atoms with Gasteiger partial charge in [-0.15, -0.1) is 0 Å². The smallest absolute Gasteiger partial charge is 0.229 e. The van der Waals surface area contributed by atoms with Crippen molar-refractivity contribution in [3.8, 4) is 5.82 Å². The van der Waals surface area contributed by atoms with E-state index in [1.54, 1.807) is 24.9 Å². The molecule has 1 N–H and O–H groups in total. The molecule has 0 bridgehead atoms. The number of hydrogen-bond donors (Lipinski definition) is 1. The maximum atomic E-state index is 12.7. The van der Waals surface area contributed by atoms with Gasteiger partial charge in [-0.2, -0.15) is 0 Å². The molecule has 1 atom stereocenters. The fourth-order valence-electron chi connectivity index (χ4n) is 2.77. The van der Waals surface area contributed by atoms with E-state index in [1.807, 2.05) is 41.1 Å². The highest BCUT2D eigenvalue weighted by Crippen LogP contribution is 2.20. The number of pyridine rings is 2. The molecular weight excluding hydrogens is 314 g/mol. The number of imidazole rings is 1. The first-order valence-corrected chi connectivity index (χ1v) is 8.40. The summed E-state index contributed by atoms with van der Waals surface area (Å²) in [5.41, 5.74) is 1.74. The van der Waals surface area contributed by atoms with Crippen molar-refractivity contribution in [1.29, 1.82) is 0 Å². The lowest BCUT2D eigenvalue weighted by Crippen LogP contribution is -2.30. The second kappa shape index (κ2) is 8.19. The second-order valence-electron chi connectivity index (χ2n) is 5.77. The summed E-state index contributed by atoms with van der Waals surface area (Å²) < 4.78 is 1.84. The fourth-order valence-corrected chi connectivity index (χ4v) is 2.77. The van der Waals surface area contributed by atoms with Gasteiger partial charge in [0.05, 0.1) is 11.6 Å². The summed E-state index contributed by atoms with van der Waals surface area (Å²) in [5, 5.41) is 3.03. The van der Waals surface area contributed by atoms with Crippen molar-refractivity contribution in [2.45, 2.75) is 32.2 Å². The Morgan fingerprint density at radius 1 is 1.16 bits per heavy atom. The average molecular weight is 335 g/mol. The van der Waals surface area contributed by atoms with Gasteiger partial charge in [0.1, 0.15) is 12.1 Å². The summed E-state index contributed by atoms with van der Waals surface area (Å²) in [6.45, 7) is 2.48. The molecule has 1 amide bonds. The van der Waals surface area contributed by atoms with Gasteiger partial charge in [0.15, 0.2) is 0 Å². The highest BCUT2D eigenvalue weighted by molar-refractivity contribution is 5.83. The van der Waals surface area contributed by atoms with Gasteiger partial charge >= 0.3 is 0 Å². The van der Waals surface area contributed by atoms with Crippen LogP contribution in [-0.2, 0) is 11.3 Å². The van der Waals surface area contributed by atoms with Crippen LogP contribution in [-0.4, -0.2) is 25.4 Å². The minimum atomic E-state index is -0.237. The molecule has 0 aliphatic heterocycles. The maximum Gasteiger partial charge on any atom is 0.229 e. The molecular formula is C19H21N5O. The zero-order chi connectivity index (χ0) is 17.5. The predicted octanol–water partition coefficient (Wildman–Crippen LogP) is 2.86. The van der Waals surface area contributed by atoms with Gasteiger partial charge in [0.25, 0.3) is 0 Å². The third kappa shape index (κ3) is 4.09. The summed E-state index contributed by atoms with van der Waals surface area (Å²) in [5.74, 6) is 0.519. The molecule has 0 aromatic carbocycles. The predicted molar refractivity (Wildman–Crippen MR) is 95.1 cm³/mol. The first-order chi connectivity index (χ1) is 12.3. The van der Waals surface area contributed by atoms with Gasteiger partial charge in [-0.25, -0.2) is 9.97 Å². The van der Waals surface area contributed by atoms with Crippen LogP contribution in [0.3, 0.4) is 0 Å². The van der Waals surface area contributed by atoms with E-state index in [4.69, 9.17) is 0 Å². The van der Waals surface area contributed by atoms with Gasteiger partial charge in [-0.05, 0) is 24.6 Å². The zero-order valence-corrected chi connectivity index (χ0v) is 14.2. The Hall–Kier alpha value is -3.02. The molecule has 0 saturated heterocycles. The van der Waals surface area contributed by atoms with Gasteiger partial charge in [-0.1, -0.05) is 25.5 Å². The van der Waals surface area contributed by atoms with Crippen molar-refractivity contribution in [2.24, 2.45) is 0 Å². The van der Waals surface area contributed by atoms with Gasteiger partial charge in [-0.3, -0.25) is 14.3 Å². The number of carbonyl (C=O) groups is 1. The molecule has 0 aliphatic rings. The molecule has 0 aliphatic carbocycles. The molecule has 0 radical (unpaired) electrons. The summed E-state index contributed by atoms with van der Waals surface area (Å²) in [6.07, 6.45) is 10.4. The minimum absolute atomic E-state index is 0.0130. The van der Waals surface area contributed by atoms with Crippen molar-refractivity contribution in [2.75, 3.05) is 0 Å². The van der Waals surface area contributed by atoms with Crippen molar-refractivity contribution in [3.63, 3.8) is 0 Å². The molecule has 6 heteroatoms. The lowest BCUT2D eigenvalue weighted by molar-refractivity contribution is -0.123. The molecule has 0 unspecified atom stereocenters. The fraction of sp³-hybridized carbons (Fsp3) is 0.263. The summed E-state index contributed by atoms with van der Waals surface area (Å²) in [4.78, 5) is 25.5. The molecule has 3 aromatic rings. The van der Waals surface area contributed by atoms with Crippen molar-refractivity contribution >= 4 is 5.91 Å². The van der Waals surface area contributed by atoms with E-state index in [2.05, 4.69) is 27.2 Å². The number of nitrogens with one attached hydrogen (secondary N) is 1. The first kappa shape index (κ1) is 16.8. The van der Waals surface area contributed by atoms with Crippen LogP contribution < -0.4 is 5.32 Å². The van der Waals surface area contributed by atoms with Crippen LogP contribution in [0.1, 0.15) is 36.9 Å². The molecule has 25 heavy (non-hydrogen) atoms. The topological polar surface area (TPSA) is 72.7 Å². The van der Waals surface area contributed by atoms with Gasteiger partial charge in [0.2, 0.25) is 5.91 Å². The molecule has 6 nitrogen and oxygen atoms in total. The third-order valence-corrected chi connectivity index (χ3v) is 4.01. The van der Waals surface area contributed by atoms with E-state index in [1.165, 1.54) is 0 Å². The SMILES string of the molecule is CCC[C@H](C(=O)NCc1cccnc1-n1ccnc1)c1ccccn1. The lowest BCUT2D eigenvalue weighted by atomic mass is 9.98. The van der Waals surface area contributed by atoms with Crippen LogP contribution in [0.25, 0.3) is 5.82 Å². The van der Waals surface area contributed by atoms with Crippen LogP contribution in [0.15, 0.2) is 61.4 Å². The van der Waals surface area contributed by atoms with Crippen LogP contribution >= 0.6 is 0 Å². The van der Waals surface area contributed by atoms with E-state index in [-0.39, 0.29) is 11.8 Å². The lowest BCUT2D eigenvalue weighted by Gasteiger charge is -2.16. The second-order valence-corrected chi connectivity index (χ2v) is 5.77. The zero-order valence-electron chi connectivity index (χ0n) is 14.2. The van der Waals surface area contributed by atoms with E-state index in [9.17, 15) is 4.79 Å². The van der Waals surface area contributed by atoms with E-state index < -0.39 is 0 Å². The number of hydrogen-bond acceptors (Lipinski definition) is 4. The Morgan fingerprint density at radius 3 is 2.76 bits per heavy atom. The Kier molecular flexibility index (Phi) is 5.51. The molecule has 3 heterocycles. The maximum absolute atomic E-state index is 12.7. The summed E-state index contributed by atoms with van der Waals surface area (Å²) in [6, 6.07) is 9.50. The van der Waals surface area contributed by atoms with Crippen LogP contribution in [0.5, 0.6) is 0 Å². The molecule has 3 rings (SSSR count). The molecule has 0 spiro atoms. The molecule has 0 saturated carbocycles.